The molecule has 0 spiro atoms. The molecule has 0 heterocycles. The van der Waals surface area contributed by atoms with E-state index in [1.54, 1.807) is 23.9 Å². The Morgan fingerprint density at radius 3 is 2.35 bits per heavy atom. The van der Waals surface area contributed by atoms with Crippen LogP contribution in [0.1, 0.15) is 15.9 Å². The molecule has 0 atom stereocenters. The normalized spacial score (nSPS) is 10.3. The summed E-state index contributed by atoms with van der Waals surface area (Å²) in [7, 11) is 0. The molecule has 3 aromatic rings. The van der Waals surface area contributed by atoms with Crippen molar-refractivity contribution in [1.29, 1.82) is 0 Å². The van der Waals surface area contributed by atoms with E-state index in [2.05, 4.69) is 5.32 Å². The van der Waals surface area contributed by atoms with Crippen LogP contribution in [0.4, 0.5) is 5.69 Å². The van der Waals surface area contributed by atoms with E-state index in [1.807, 2.05) is 54.6 Å². The average Bonchev–Trinajstić information content (AvgIpc) is 2.68. The Morgan fingerprint density at radius 2 is 1.58 bits per heavy atom. The first kappa shape index (κ1) is 17.7. The van der Waals surface area contributed by atoms with Gasteiger partial charge in [-0.2, -0.15) is 0 Å². The first-order valence-corrected chi connectivity index (χ1v) is 8.79. The minimum Gasteiger partial charge on any atom is -0.348 e. The third-order valence-electron chi connectivity index (χ3n) is 3.73. The van der Waals surface area contributed by atoms with E-state index in [1.165, 1.54) is 12.1 Å². The molecule has 0 radical (unpaired) electrons. The highest BCUT2D eigenvalue weighted by Crippen LogP contribution is 2.30. The Morgan fingerprint density at radius 1 is 0.923 bits per heavy atom. The minimum atomic E-state index is -0.548. The highest BCUT2D eigenvalue weighted by Gasteiger charge is 2.19. The number of nitrogens with zero attached hydrogens (tertiary/aromatic N) is 1. The molecule has 6 heteroatoms. The first-order chi connectivity index (χ1) is 12.6. The van der Waals surface area contributed by atoms with Crippen LogP contribution in [0, 0.1) is 10.1 Å². The van der Waals surface area contributed by atoms with Gasteiger partial charge in [0, 0.05) is 22.4 Å². The van der Waals surface area contributed by atoms with Gasteiger partial charge in [0.05, 0.1) is 4.92 Å². The summed E-state index contributed by atoms with van der Waals surface area (Å²) in [4.78, 5) is 25.1. The summed E-state index contributed by atoms with van der Waals surface area (Å²) in [6.45, 7) is 0.293. The van der Waals surface area contributed by atoms with Crippen molar-refractivity contribution < 1.29 is 9.72 Å². The van der Waals surface area contributed by atoms with E-state index >= 15 is 0 Å². The van der Waals surface area contributed by atoms with Crippen molar-refractivity contribution in [2.75, 3.05) is 0 Å². The fraction of sp³-hybridized carbons (Fsp3) is 0.0500. The van der Waals surface area contributed by atoms with Crippen LogP contribution in [0.2, 0.25) is 0 Å². The van der Waals surface area contributed by atoms with Crippen molar-refractivity contribution >= 4 is 23.4 Å². The van der Waals surface area contributed by atoms with E-state index < -0.39 is 10.8 Å². The molecule has 0 aliphatic heterocycles. The van der Waals surface area contributed by atoms with Crippen LogP contribution in [0.3, 0.4) is 0 Å². The van der Waals surface area contributed by atoms with Crippen molar-refractivity contribution in [2.24, 2.45) is 0 Å². The molecule has 0 aromatic heterocycles. The molecule has 0 unspecified atom stereocenters. The standard InChI is InChI=1S/C20H16N2O3S/c23-20(17-11-5-6-12-18(17)22(24)25)21-14-15-8-4-7-13-19(15)26-16-9-2-1-3-10-16/h1-13H,14H2,(H,21,23). The molecule has 1 amide bonds. The van der Waals surface area contributed by atoms with E-state index in [0.29, 0.717) is 6.54 Å². The van der Waals surface area contributed by atoms with Gasteiger partial charge in [-0.15, -0.1) is 0 Å². The Balaban J connectivity index is 1.74. The van der Waals surface area contributed by atoms with Crippen LogP contribution < -0.4 is 5.32 Å². The monoisotopic (exact) mass is 364 g/mol. The van der Waals surface area contributed by atoms with Gasteiger partial charge in [-0.3, -0.25) is 14.9 Å². The number of nitro benzene ring substituents is 1. The van der Waals surface area contributed by atoms with Gasteiger partial charge in [0.25, 0.3) is 11.6 Å². The molecule has 0 aliphatic carbocycles. The van der Waals surface area contributed by atoms with Gasteiger partial charge in [0.2, 0.25) is 0 Å². The fourth-order valence-electron chi connectivity index (χ4n) is 2.46. The number of nitro groups is 1. The van der Waals surface area contributed by atoms with Crippen molar-refractivity contribution in [3.63, 3.8) is 0 Å². The Labute approximate surface area is 155 Å². The molecule has 3 aromatic carbocycles. The lowest BCUT2D eigenvalue weighted by molar-refractivity contribution is -0.385. The van der Waals surface area contributed by atoms with Gasteiger partial charge >= 0.3 is 0 Å². The summed E-state index contributed by atoms with van der Waals surface area (Å²) in [6, 6.07) is 23.7. The third kappa shape index (κ3) is 4.29. The van der Waals surface area contributed by atoms with E-state index in [0.717, 1.165) is 15.4 Å². The zero-order valence-corrected chi connectivity index (χ0v) is 14.6. The largest absolute Gasteiger partial charge is 0.348 e. The number of rotatable bonds is 6. The van der Waals surface area contributed by atoms with Crippen LogP contribution in [0.25, 0.3) is 0 Å². The summed E-state index contributed by atoms with van der Waals surface area (Å²) < 4.78 is 0. The predicted octanol–water partition coefficient (Wildman–Crippen LogP) is 4.68. The molecule has 0 saturated heterocycles. The van der Waals surface area contributed by atoms with E-state index in [9.17, 15) is 14.9 Å². The van der Waals surface area contributed by atoms with Crippen molar-refractivity contribution in [3.05, 3.63) is 100 Å². The Hall–Kier alpha value is -3.12. The van der Waals surface area contributed by atoms with Gasteiger partial charge in [-0.25, -0.2) is 0 Å². The number of carbonyl (C=O) groups excluding carboxylic acids is 1. The van der Waals surface area contributed by atoms with Gasteiger partial charge in [-0.1, -0.05) is 60.3 Å². The second-order valence-corrected chi connectivity index (χ2v) is 6.60. The highest BCUT2D eigenvalue weighted by atomic mass is 32.2. The van der Waals surface area contributed by atoms with Crippen LogP contribution in [-0.4, -0.2) is 10.8 Å². The summed E-state index contributed by atoms with van der Waals surface area (Å²) >= 11 is 1.61. The lowest BCUT2D eigenvalue weighted by Crippen LogP contribution is -2.23. The summed E-state index contributed by atoms with van der Waals surface area (Å²) in [5.41, 5.74) is 0.816. The highest BCUT2D eigenvalue weighted by molar-refractivity contribution is 7.99. The predicted molar refractivity (Wildman–Crippen MR) is 101 cm³/mol. The smallest absolute Gasteiger partial charge is 0.282 e. The fourth-order valence-corrected chi connectivity index (χ4v) is 3.43. The zero-order chi connectivity index (χ0) is 18.4. The molecule has 0 fully saturated rings. The Bertz CT molecular complexity index is 929. The van der Waals surface area contributed by atoms with Gasteiger partial charge in [-0.05, 0) is 29.8 Å². The minimum absolute atomic E-state index is 0.0608. The Kier molecular flexibility index (Phi) is 5.66. The zero-order valence-electron chi connectivity index (χ0n) is 13.8. The second-order valence-electron chi connectivity index (χ2n) is 5.48. The van der Waals surface area contributed by atoms with Gasteiger partial charge < -0.3 is 5.32 Å². The van der Waals surface area contributed by atoms with Crippen LogP contribution in [-0.2, 0) is 6.54 Å². The van der Waals surface area contributed by atoms with Crippen LogP contribution >= 0.6 is 11.8 Å². The SMILES string of the molecule is O=C(NCc1ccccc1Sc1ccccc1)c1ccccc1[N+](=O)[O-]. The quantitative estimate of drug-likeness (QED) is 0.509. The number of carbonyl (C=O) groups is 1. The summed E-state index contributed by atoms with van der Waals surface area (Å²) in [6.07, 6.45) is 0. The number of amides is 1. The molecule has 5 nitrogen and oxygen atoms in total. The van der Waals surface area contributed by atoms with Crippen LogP contribution in [0.15, 0.2) is 88.7 Å². The maximum Gasteiger partial charge on any atom is 0.282 e. The lowest BCUT2D eigenvalue weighted by Gasteiger charge is -2.10. The molecule has 0 aliphatic rings. The lowest BCUT2D eigenvalue weighted by atomic mass is 10.1. The maximum absolute atomic E-state index is 12.4. The number of benzene rings is 3. The van der Waals surface area contributed by atoms with Crippen molar-refractivity contribution in [1.82, 2.24) is 5.32 Å². The molecule has 130 valence electrons. The topological polar surface area (TPSA) is 72.2 Å². The van der Waals surface area contributed by atoms with Gasteiger partial charge in [0.15, 0.2) is 0 Å². The van der Waals surface area contributed by atoms with Crippen LogP contribution in [0.5, 0.6) is 0 Å². The number of hydrogen-bond acceptors (Lipinski definition) is 4. The van der Waals surface area contributed by atoms with Crippen molar-refractivity contribution in [2.45, 2.75) is 16.3 Å². The van der Waals surface area contributed by atoms with Gasteiger partial charge in [0.1, 0.15) is 5.56 Å². The molecule has 0 bridgehead atoms. The second kappa shape index (κ2) is 8.31. The molecule has 26 heavy (non-hydrogen) atoms. The first-order valence-electron chi connectivity index (χ1n) is 7.97. The molecule has 1 N–H and O–H groups in total. The number of nitrogens with one attached hydrogen (secondary N) is 1. The molecule has 0 saturated carbocycles. The molecular formula is C20H16N2O3S. The van der Waals surface area contributed by atoms with Crippen molar-refractivity contribution in [3.8, 4) is 0 Å². The molecule has 3 rings (SSSR count). The summed E-state index contributed by atoms with van der Waals surface area (Å²) in [5.74, 6) is -0.461. The number of para-hydroxylation sites is 1. The average molecular weight is 364 g/mol. The summed E-state index contributed by atoms with van der Waals surface area (Å²) in [5, 5.41) is 13.9. The maximum atomic E-state index is 12.4. The number of hydrogen-bond donors (Lipinski definition) is 1. The van der Waals surface area contributed by atoms with E-state index in [4.69, 9.17) is 0 Å². The third-order valence-corrected chi connectivity index (χ3v) is 4.85. The van der Waals surface area contributed by atoms with E-state index in [-0.39, 0.29) is 11.3 Å². The molecular weight excluding hydrogens is 348 g/mol.